The Labute approximate surface area is 128 Å². The van der Waals surface area contributed by atoms with Gasteiger partial charge in [-0.1, -0.05) is 11.6 Å². The van der Waals surface area contributed by atoms with Crippen LogP contribution in [0.4, 0.5) is 11.5 Å². The number of H-pyrrole nitrogens is 1. The number of pyridine rings is 1. The van der Waals surface area contributed by atoms with Gasteiger partial charge in [-0.3, -0.25) is 0 Å². The van der Waals surface area contributed by atoms with Crippen molar-refractivity contribution in [1.29, 1.82) is 5.26 Å². The van der Waals surface area contributed by atoms with Crippen molar-refractivity contribution in [3.63, 3.8) is 0 Å². The lowest BCUT2D eigenvalue weighted by Gasteiger charge is -2.14. The quantitative estimate of drug-likeness (QED) is 0.854. The highest BCUT2D eigenvalue weighted by Crippen LogP contribution is 2.27. The fraction of sp³-hybridized carbons (Fsp3) is 0.188. The average molecular weight is 301 g/mol. The lowest BCUT2D eigenvalue weighted by Crippen LogP contribution is -2.31. The Balaban J connectivity index is 2.67. The molecule has 1 aromatic heterocycles. The minimum Gasteiger partial charge on any atom is -0.247 e. The fourth-order valence-electron chi connectivity index (χ4n) is 2.24. The van der Waals surface area contributed by atoms with E-state index in [1.54, 1.807) is 24.3 Å². The summed E-state index contributed by atoms with van der Waals surface area (Å²) in [4.78, 5) is 16.7. The van der Waals surface area contributed by atoms with Crippen LogP contribution in [0.15, 0.2) is 30.3 Å². The largest absolute Gasteiger partial charge is 0.311 e. The van der Waals surface area contributed by atoms with E-state index in [0.29, 0.717) is 22.1 Å². The van der Waals surface area contributed by atoms with Gasteiger partial charge in [-0.2, -0.15) is 10.2 Å². The van der Waals surface area contributed by atoms with Gasteiger partial charge in [-0.05, 0) is 49.7 Å². The van der Waals surface area contributed by atoms with Crippen LogP contribution < -0.4 is 9.88 Å². The van der Waals surface area contributed by atoms with E-state index < -0.39 is 0 Å². The van der Waals surface area contributed by atoms with Gasteiger partial charge in [0.1, 0.15) is 17.3 Å². The zero-order valence-corrected chi connectivity index (χ0v) is 12.8. The number of carbonyl (C=O) groups excluding carboxylic acids is 1. The van der Waals surface area contributed by atoms with Crippen molar-refractivity contribution in [2.24, 2.45) is 0 Å². The molecule has 0 spiro atoms. The van der Waals surface area contributed by atoms with E-state index >= 15 is 0 Å². The summed E-state index contributed by atoms with van der Waals surface area (Å²) in [6.07, 6.45) is 0. The normalized spacial score (nSPS) is 10.0. The molecule has 0 aliphatic rings. The Morgan fingerprint density at radius 3 is 2.43 bits per heavy atom. The lowest BCUT2D eigenvalue weighted by atomic mass is 10.1. The standard InChI is InChI=1S/C16H14ClN3O/c1-10-8-11(2)19-16(15(10)9-18)20(12(3)21)14-6-4-13(17)5-7-14/h4-8H,1-3H3/p+1. The van der Waals surface area contributed by atoms with E-state index in [0.717, 1.165) is 11.3 Å². The van der Waals surface area contributed by atoms with Gasteiger partial charge in [-0.15, -0.1) is 0 Å². The molecule has 0 radical (unpaired) electrons. The zero-order valence-electron chi connectivity index (χ0n) is 12.1. The number of hydrogen-bond acceptors (Lipinski definition) is 2. The van der Waals surface area contributed by atoms with E-state index in [1.165, 1.54) is 11.8 Å². The number of rotatable bonds is 2. The van der Waals surface area contributed by atoms with Gasteiger partial charge in [0.25, 0.3) is 0 Å². The van der Waals surface area contributed by atoms with Crippen LogP contribution in [-0.4, -0.2) is 5.91 Å². The van der Waals surface area contributed by atoms with Gasteiger partial charge in [-0.25, -0.2) is 9.78 Å². The van der Waals surface area contributed by atoms with Gasteiger partial charge >= 0.3 is 11.7 Å². The maximum absolute atomic E-state index is 12.1. The molecule has 2 aromatic rings. The van der Waals surface area contributed by atoms with Crippen LogP contribution >= 0.6 is 11.6 Å². The lowest BCUT2D eigenvalue weighted by molar-refractivity contribution is -0.372. The van der Waals surface area contributed by atoms with E-state index in [2.05, 4.69) is 11.1 Å². The monoisotopic (exact) mass is 300 g/mol. The van der Waals surface area contributed by atoms with Crippen molar-refractivity contribution in [1.82, 2.24) is 0 Å². The number of amides is 1. The third-order valence-electron chi connectivity index (χ3n) is 3.11. The predicted molar refractivity (Wildman–Crippen MR) is 81.5 cm³/mol. The molecule has 0 bridgehead atoms. The summed E-state index contributed by atoms with van der Waals surface area (Å²) in [5.41, 5.74) is 2.81. The molecule has 0 aliphatic carbocycles. The van der Waals surface area contributed by atoms with Crippen LogP contribution in [0.1, 0.15) is 23.7 Å². The van der Waals surface area contributed by atoms with Crippen molar-refractivity contribution in [2.45, 2.75) is 20.8 Å². The number of halogens is 1. The van der Waals surface area contributed by atoms with Crippen molar-refractivity contribution in [3.8, 4) is 6.07 Å². The Morgan fingerprint density at radius 2 is 1.90 bits per heavy atom. The number of benzene rings is 1. The second-order valence-electron chi connectivity index (χ2n) is 4.80. The van der Waals surface area contributed by atoms with E-state index in [1.807, 2.05) is 19.9 Å². The molecular formula is C16H15ClN3O+. The second-order valence-corrected chi connectivity index (χ2v) is 5.24. The topological polar surface area (TPSA) is 58.2 Å². The first-order valence-electron chi connectivity index (χ1n) is 6.44. The molecular weight excluding hydrogens is 286 g/mol. The average Bonchev–Trinajstić information content (AvgIpc) is 2.40. The maximum Gasteiger partial charge on any atom is 0.311 e. The number of nitrogens with one attached hydrogen (secondary N) is 1. The van der Waals surface area contributed by atoms with Gasteiger partial charge in [0.05, 0.1) is 5.69 Å². The Morgan fingerprint density at radius 1 is 1.29 bits per heavy atom. The number of aromatic nitrogens is 1. The van der Waals surface area contributed by atoms with E-state index in [4.69, 9.17) is 11.6 Å². The molecule has 1 N–H and O–H groups in total. The Hall–Kier alpha value is -2.38. The van der Waals surface area contributed by atoms with E-state index in [9.17, 15) is 10.1 Å². The third kappa shape index (κ3) is 3.04. The molecule has 0 fully saturated rings. The predicted octanol–water partition coefficient (Wildman–Crippen LogP) is 3.33. The molecule has 5 heteroatoms. The van der Waals surface area contributed by atoms with Crippen LogP contribution in [0.5, 0.6) is 0 Å². The van der Waals surface area contributed by atoms with Gasteiger partial charge in [0.2, 0.25) is 0 Å². The van der Waals surface area contributed by atoms with Gasteiger partial charge < -0.3 is 0 Å². The van der Waals surface area contributed by atoms with Crippen molar-refractivity contribution in [3.05, 3.63) is 52.2 Å². The summed E-state index contributed by atoms with van der Waals surface area (Å²) < 4.78 is 0. The molecule has 0 atom stereocenters. The van der Waals surface area contributed by atoms with Crippen LogP contribution in [0.2, 0.25) is 5.02 Å². The number of carbonyl (C=O) groups is 1. The van der Waals surface area contributed by atoms with Crippen LogP contribution in [-0.2, 0) is 4.79 Å². The molecule has 1 aromatic carbocycles. The number of nitriles is 1. The minimum atomic E-state index is -0.185. The van der Waals surface area contributed by atoms with Crippen molar-refractivity contribution < 1.29 is 9.78 Å². The molecule has 21 heavy (non-hydrogen) atoms. The number of aryl methyl sites for hydroxylation is 2. The van der Waals surface area contributed by atoms with Crippen LogP contribution in [0, 0.1) is 25.2 Å². The molecule has 1 amide bonds. The summed E-state index contributed by atoms with van der Waals surface area (Å²) in [6.45, 7) is 5.20. The molecule has 2 rings (SSSR count). The first-order chi connectivity index (χ1) is 9.93. The minimum absolute atomic E-state index is 0.185. The number of aromatic amines is 1. The van der Waals surface area contributed by atoms with Gasteiger partial charge in [0, 0.05) is 11.9 Å². The number of anilines is 2. The molecule has 1 heterocycles. The molecule has 106 valence electrons. The maximum atomic E-state index is 12.1. The smallest absolute Gasteiger partial charge is 0.247 e. The first-order valence-corrected chi connectivity index (χ1v) is 6.81. The molecule has 0 unspecified atom stereocenters. The first kappa shape index (κ1) is 15.0. The SMILES string of the molecule is CC(=O)N(c1ccc(Cl)cc1)c1[nH+]c(C)cc(C)c1C#N. The van der Waals surface area contributed by atoms with Crippen LogP contribution in [0.25, 0.3) is 0 Å². The van der Waals surface area contributed by atoms with E-state index in [-0.39, 0.29) is 5.91 Å². The molecule has 4 nitrogen and oxygen atoms in total. The van der Waals surface area contributed by atoms with Crippen molar-refractivity contribution >= 4 is 29.0 Å². The summed E-state index contributed by atoms with van der Waals surface area (Å²) in [5.74, 6) is 0.292. The Kier molecular flexibility index (Phi) is 4.25. The molecule has 0 aliphatic heterocycles. The summed E-state index contributed by atoms with van der Waals surface area (Å²) >= 11 is 5.89. The highest BCUT2D eigenvalue weighted by molar-refractivity contribution is 6.30. The number of nitrogens with zero attached hydrogens (tertiary/aromatic N) is 2. The van der Waals surface area contributed by atoms with Gasteiger partial charge in [0.15, 0.2) is 0 Å². The Bertz CT molecular complexity index is 732. The highest BCUT2D eigenvalue weighted by atomic mass is 35.5. The summed E-state index contributed by atoms with van der Waals surface area (Å²) in [5, 5.41) is 9.97. The third-order valence-corrected chi connectivity index (χ3v) is 3.37. The number of hydrogen-bond donors (Lipinski definition) is 0. The fourth-order valence-corrected chi connectivity index (χ4v) is 2.36. The zero-order chi connectivity index (χ0) is 15.6. The molecule has 0 saturated carbocycles. The molecule has 0 saturated heterocycles. The van der Waals surface area contributed by atoms with Crippen LogP contribution in [0.3, 0.4) is 0 Å². The second kappa shape index (κ2) is 5.94. The summed E-state index contributed by atoms with van der Waals surface area (Å²) in [6, 6.07) is 10.9. The summed E-state index contributed by atoms with van der Waals surface area (Å²) in [7, 11) is 0. The van der Waals surface area contributed by atoms with Crippen molar-refractivity contribution in [2.75, 3.05) is 4.90 Å². The highest BCUT2D eigenvalue weighted by Gasteiger charge is 2.28.